The molecule has 0 radical (unpaired) electrons. The first-order valence-corrected chi connectivity index (χ1v) is 10.7. The summed E-state index contributed by atoms with van der Waals surface area (Å²) in [7, 11) is 1.69. The third-order valence-electron chi connectivity index (χ3n) is 5.92. The molecule has 2 aromatic carbocycles. The molecular formula is C24H34N4O2. The topological polar surface area (TPSA) is 97.1 Å². The molecule has 1 aliphatic rings. The monoisotopic (exact) mass is 410 g/mol. The number of methoxy groups -OCH3 is 1. The van der Waals surface area contributed by atoms with Crippen LogP contribution in [0.5, 0.6) is 11.5 Å². The third-order valence-corrected chi connectivity index (χ3v) is 5.92. The van der Waals surface area contributed by atoms with Crippen molar-refractivity contribution < 1.29 is 9.84 Å². The number of nitrogens with two attached hydrogens (primary N) is 2. The largest absolute Gasteiger partial charge is 0.508 e. The first-order chi connectivity index (χ1) is 14.5. The maximum Gasteiger partial charge on any atom is 0.185 e. The summed E-state index contributed by atoms with van der Waals surface area (Å²) < 4.78 is 5.29. The molecule has 0 heterocycles. The van der Waals surface area contributed by atoms with Crippen LogP contribution in [0.1, 0.15) is 36.8 Å². The summed E-state index contributed by atoms with van der Waals surface area (Å²) in [6, 6.07) is 15.8. The highest BCUT2D eigenvalue weighted by atomic mass is 16.5. The van der Waals surface area contributed by atoms with E-state index in [1.165, 1.54) is 36.8 Å². The normalized spacial score (nSPS) is 18.9. The number of aliphatic imine (C=N–C) groups is 1. The minimum Gasteiger partial charge on any atom is -0.508 e. The van der Waals surface area contributed by atoms with Crippen molar-refractivity contribution in [2.24, 2.45) is 28.3 Å². The molecule has 0 bridgehead atoms. The van der Waals surface area contributed by atoms with Gasteiger partial charge in [0.25, 0.3) is 0 Å². The molecule has 0 unspecified atom stereocenters. The van der Waals surface area contributed by atoms with Crippen molar-refractivity contribution in [3.8, 4) is 11.5 Å². The van der Waals surface area contributed by atoms with Gasteiger partial charge in [0.2, 0.25) is 0 Å². The van der Waals surface area contributed by atoms with Crippen LogP contribution in [-0.2, 0) is 13.1 Å². The fraction of sp³-hybridized carbons (Fsp3) is 0.458. The lowest BCUT2D eigenvalue weighted by molar-refractivity contribution is 0.170. The highest BCUT2D eigenvalue weighted by molar-refractivity contribution is 5.75. The maximum absolute atomic E-state index is 9.59. The number of hydrogen-bond donors (Lipinski definition) is 3. The summed E-state index contributed by atoms with van der Waals surface area (Å²) in [5, 5.41) is 9.59. The lowest BCUT2D eigenvalue weighted by Gasteiger charge is -2.32. The zero-order valence-corrected chi connectivity index (χ0v) is 17.8. The zero-order valence-electron chi connectivity index (χ0n) is 17.8. The molecule has 0 amide bonds. The van der Waals surface area contributed by atoms with E-state index in [0.29, 0.717) is 17.6 Å². The molecule has 3 rings (SSSR count). The van der Waals surface area contributed by atoms with Gasteiger partial charge in [-0.25, -0.2) is 0 Å². The lowest BCUT2D eigenvalue weighted by atomic mass is 9.81. The number of aromatic hydroxyl groups is 1. The average molecular weight is 411 g/mol. The molecule has 1 aliphatic carbocycles. The van der Waals surface area contributed by atoms with Crippen LogP contribution in [0, 0.1) is 11.8 Å². The molecule has 6 nitrogen and oxygen atoms in total. The molecule has 6 heteroatoms. The van der Waals surface area contributed by atoms with E-state index in [2.05, 4.69) is 22.0 Å². The fourth-order valence-electron chi connectivity index (χ4n) is 4.23. The molecule has 0 aromatic heterocycles. The van der Waals surface area contributed by atoms with Crippen molar-refractivity contribution in [2.45, 2.75) is 38.8 Å². The fourth-order valence-corrected chi connectivity index (χ4v) is 4.23. The predicted octanol–water partition coefficient (Wildman–Crippen LogP) is 3.48. The lowest BCUT2D eigenvalue weighted by Crippen LogP contribution is -2.31. The van der Waals surface area contributed by atoms with E-state index < -0.39 is 0 Å². The van der Waals surface area contributed by atoms with Gasteiger partial charge in [0.15, 0.2) is 5.96 Å². The quantitative estimate of drug-likeness (QED) is 0.434. The van der Waals surface area contributed by atoms with Crippen molar-refractivity contribution >= 4 is 5.96 Å². The average Bonchev–Trinajstić information content (AvgIpc) is 2.75. The Morgan fingerprint density at radius 3 is 2.00 bits per heavy atom. The van der Waals surface area contributed by atoms with Gasteiger partial charge < -0.3 is 21.3 Å². The van der Waals surface area contributed by atoms with Crippen LogP contribution >= 0.6 is 0 Å². The standard InChI is InChI=1S/C24H34N4O2/c1-30-23-12-8-21(9-13-23)17-28(16-20-6-10-22(29)11-7-20)15-19-4-2-18(3-5-19)14-27-24(25)26/h6-13,18-19,29H,2-5,14-17H2,1H3,(H4,25,26,27). The number of guanidine groups is 1. The van der Waals surface area contributed by atoms with E-state index in [9.17, 15) is 5.11 Å². The number of hydrogen-bond acceptors (Lipinski definition) is 4. The number of benzene rings is 2. The first kappa shape index (κ1) is 22.0. The Labute approximate surface area is 179 Å². The van der Waals surface area contributed by atoms with Crippen LogP contribution in [0.15, 0.2) is 53.5 Å². The summed E-state index contributed by atoms with van der Waals surface area (Å²) in [5.41, 5.74) is 13.4. The third kappa shape index (κ3) is 6.95. The number of phenolic OH excluding ortho intramolecular Hbond substituents is 1. The molecule has 30 heavy (non-hydrogen) atoms. The second kappa shape index (κ2) is 10.9. The second-order valence-electron chi connectivity index (χ2n) is 8.34. The Morgan fingerprint density at radius 1 is 0.933 bits per heavy atom. The molecule has 162 valence electrons. The molecule has 1 saturated carbocycles. The number of phenols is 1. The van der Waals surface area contributed by atoms with E-state index in [-0.39, 0.29) is 5.96 Å². The summed E-state index contributed by atoms with van der Waals surface area (Å²) in [6.45, 7) is 3.55. The van der Waals surface area contributed by atoms with E-state index >= 15 is 0 Å². The van der Waals surface area contributed by atoms with Gasteiger partial charge in [-0.1, -0.05) is 24.3 Å². The van der Waals surface area contributed by atoms with Crippen molar-refractivity contribution in [3.05, 3.63) is 59.7 Å². The van der Waals surface area contributed by atoms with E-state index in [0.717, 1.165) is 31.9 Å². The van der Waals surface area contributed by atoms with Crippen molar-refractivity contribution in [2.75, 3.05) is 20.2 Å². The summed E-state index contributed by atoms with van der Waals surface area (Å²) in [4.78, 5) is 6.71. The minimum atomic E-state index is 0.191. The van der Waals surface area contributed by atoms with Gasteiger partial charge >= 0.3 is 0 Å². The molecular weight excluding hydrogens is 376 g/mol. The van der Waals surface area contributed by atoms with Crippen molar-refractivity contribution in [3.63, 3.8) is 0 Å². The van der Waals surface area contributed by atoms with Gasteiger partial charge in [0, 0.05) is 26.2 Å². The smallest absolute Gasteiger partial charge is 0.185 e. The van der Waals surface area contributed by atoms with Gasteiger partial charge in [-0.3, -0.25) is 9.89 Å². The Kier molecular flexibility index (Phi) is 7.97. The van der Waals surface area contributed by atoms with E-state index in [1.54, 1.807) is 19.2 Å². The molecule has 2 aromatic rings. The van der Waals surface area contributed by atoms with Crippen LogP contribution in [0.2, 0.25) is 0 Å². The van der Waals surface area contributed by atoms with Crippen LogP contribution < -0.4 is 16.2 Å². The summed E-state index contributed by atoms with van der Waals surface area (Å²) in [5.74, 6) is 2.64. The van der Waals surface area contributed by atoms with Crippen LogP contribution in [0.25, 0.3) is 0 Å². The Balaban J connectivity index is 1.61. The van der Waals surface area contributed by atoms with E-state index in [1.807, 2.05) is 24.3 Å². The summed E-state index contributed by atoms with van der Waals surface area (Å²) >= 11 is 0. The molecule has 1 fully saturated rings. The Hall–Kier alpha value is -2.73. The molecule has 0 saturated heterocycles. The van der Waals surface area contributed by atoms with Crippen LogP contribution in [0.4, 0.5) is 0 Å². The van der Waals surface area contributed by atoms with Crippen LogP contribution in [0.3, 0.4) is 0 Å². The zero-order chi connectivity index (χ0) is 21.3. The number of rotatable bonds is 9. The van der Waals surface area contributed by atoms with Gasteiger partial charge in [-0.15, -0.1) is 0 Å². The van der Waals surface area contributed by atoms with E-state index in [4.69, 9.17) is 16.2 Å². The molecule has 0 spiro atoms. The molecule has 5 N–H and O–H groups in total. The highest BCUT2D eigenvalue weighted by Gasteiger charge is 2.23. The Bertz CT molecular complexity index is 793. The Morgan fingerprint density at radius 2 is 1.47 bits per heavy atom. The van der Waals surface area contributed by atoms with Crippen LogP contribution in [-0.4, -0.2) is 36.2 Å². The van der Waals surface area contributed by atoms with Gasteiger partial charge in [-0.05, 0) is 72.9 Å². The van der Waals surface area contributed by atoms with Gasteiger partial charge in [0.05, 0.1) is 7.11 Å². The number of ether oxygens (including phenoxy) is 1. The number of nitrogens with zero attached hydrogens (tertiary/aromatic N) is 2. The first-order valence-electron chi connectivity index (χ1n) is 10.7. The van der Waals surface area contributed by atoms with Gasteiger partial charge in [-0.2, -0.15) is 0 Å². The van der Waals surface area contributed by atoms with Gasteiger partial charge in [0.1, 0.15) is 11.5 Å². The highest BCUT2D eigenvalue weighted by Crippen LogP contribution is 2.30. The SMILES string of the molecule is COc1ccc(CN(Cc2ccc(O)cc2)CC2CCC(CN=C(N)N)CC2)cc1. The minimum absolute atomic E-state index is 0.191. The molecule has 0 atom stereocenters. The second-order valence-corrected chi connectivity index (χ2v) is 8.34. The maximum atomic E-state index is 9.59. The molecule has 0 aliphatic heterocycles. The van der Waals surface area contributed by atoms with Crippen molar-refractivity contribution in [1.29, 1.82) is 0 Å². The van der Waals surface area contributed by atoms with Crippen molar-refractivity contribution in [1.82, 2.24) is 4.90 Å². The predicted molar refractivity (Wildman–Crippen MR) is 121 cm³/mol. The summed E-state index contributed by atoms with van der Waals surface area (Å²) in [6.07, 6.45) is 4.77.